The van der Waals surface area contributed by atoms with Crippen molar-refractivity contribution >= 4 is 33.4 Å². The molecule has 3 rings (SSSR count). The first-order chi connectivity index (χ1) is 10.1. The molecule has 0 spiro atoms. The summed E-state index contributed by atoms with van der Waals surface area (Å²) in [6.45, 7) is 0.875. The van der Waals surface area contributed by atoms with E-state index in [-0.39, 0.29) is 11.7 Å². The molecule has 2 heterocycles. The number of anilines is 1. The van der Waals surface area contributed by atoms with Gasteiger partial charge in [-0.25, -0.2) is 0 Å². The maximum atomic E-state index is 12.0. The lowest BCUT2D eigenvalue weighted by molar-refractivity contribution is 0.0955. The number of ether oxygens (including phenoxy) is 1. The first-order valence-electron chi connectivity index (χ1n) is 6.25. The summed E-state index contributed by atoms with van der Waals surface area (Å²) in [6, 6.07) is 8.10. The van der Waals surface area contributed by atoms with Crippen LogP contribution in [0.2, 0.25) is 0 Å². The van der Waals surface area contributed by atoms with Crippen molar-refractivity contribution in [2.45, 2.75) is 0 Å². The Kier molecular flexibility index (Phi) is 3.66. The fraction of sp³-hybridized carbons (Fsp3) is 0.143. The summed E-state index contributed by atoms with van der Waals surface area (Å²) in [7, 11) is 0. The minimum Gasteiger partial charge on any atom is -0.491 e. The highest BCUT2D eigenvalue weighted by Crippen LogP contribution is 2.25. The van der Waals surface area contributed by atoms with Crippen molar-refractivity contribution in [2.75, 3.05) is 18.5 Å². The van der Waals surface area contributed by atoms with Crippen molar-refractivity contribution in [1.82, 2.24) is 5.32 Å². The zero-order valence-electron chi connectivity index (χ0n) is 10.8. The number of hydrogen-bond acceptors (Lipinski definition) is 4. The maximum Gasteiger partial charge on any atom is 0.291 e. The van der Waals surface area contributed by atoms with E-state index in [1.807, 2.05) is 0 Å². The number of carbonyl (C=O) groups is 2. The molecule has 1 aliphatic rings. The third-order valence-corrected chi connectivity index (χ3v) is 3.35. The van der Waals surface area contributed by atoms with Crippen LogP contribution in [-0.2, 0) is 0 Å². The lowest BCUT2D eigenvalue weighted by Gasteiger charge is -2.08. The van der Waals surface area contributed by atoms with E-state index in [9.17, 15) is 9.59 Å². The van der Waals surface area contributed by atoms with E-state index in [0.717, 1.165) is 0 Å². The maximum absolute atomic E-state index is 12.0. The van der Waals surface area contributed by atoms with Gasteiger partial charge in [-0.1, -0.05) is 0 Å². The van der Waals surface area contributed by atoms with E-state index < -0.39 is 5.91 Å². The fourth-order valence-electron chi connectivity index (χ4n) is 1.96. The molecule has 0 aliphatic carbocycles. The van der Waals surface area contributed by atoms with Crippen LogP contribution in [0.15, 0.2) is 39.4 Å². The highest BCUT2D eigenvalue weighted by atomic mass is 79.9. The second-order valence-electron chi connectivity index (χ2n) is 4.37. The van der Waals surface area contributed by atoms with E-state index in [1.165, 1.54) is 0 Å². The molecule has 1 aromatic heterocycles. The van der Waals surface area contributed by atoms with E-state index in [0.29, 0.717) is 34.8 Å². The Bertz CT molecular complexity index is 711. The number of benzene rings is 1. The summed E-state index contributed by atoms with van der Waals surface area (Å²) in [5.74, 6) is 0.0659. The van der Waals surface area contributed by atoms with Crippen LogP contribution >= 0.6 is 15.9 Å². The van der Waals surface area contributed by atoms with Gasteiger partial charge in [0.05, 0.1) is 12.1 Å². The molecule has 2 aromatic rings. The Labute approximate surface area is 128 Å². The van der Waals surface area contributed by atoms with Crippen LogP contribution in [0.25, 0.3) is 0 Å². The number of furan rings is 1. The van der Waals surface area contributed by atoms with Crippen molar-refractivity contribution in [3.8, 4) is 5.75 Å². The van der Waals surface area contributed by atoms with Crippen LogP contribution in [0, 0.1) is 0 Å². The summed E-state index contributed by atoms with van der Waals surface area (Å²) in [5, 5.41) is 5.39. The zero-order valence-corrected chi connectivity index (χ0v) is 12.4. The van der Waals surface area contributed by atoms with Gasteiger partial charge in [-0.05, 0) is 46.3 Å². The number of amides is 2. The Hall–Kier alpha value is -2.28. The number of fused-ring (bicyclic) bond motifs is 1. The number of hydrogen-bond donors (Lipinski definition) is 2. The Balaban J connectivity index is 1.83. The summed E-state index contributed by atoms with van der Waals surface area (Å²) < 4.78 is 11.1. The molecule has 1 aliphatic heterocycles. The number of halogens is 1. The summed E-state index contributed by atoms with van der Waals surface area (Å²) in [5.41, 5.74) is 0.887. The van der Waals surface area contributed by atoms with Crippen LogP contribution in [0.4, 0.5) is 5.69 Å². The number of carbonyl (C=O) groups excluding carboxylic acids is 2. The highest BCUT2D eigenvalue weighted by molar-refractivity contribution is 9.10. The molecule has 0 bridgehead atoms. The molecule has 6 nitrogen and oxygen atoms in total. The van der Waals surface area contributed by atoms with Gasteiger partial charge in [0, 0.05) is 5.69 Å². The minimum atomic E-state index is -0.393. The molecule has 1 aromatic carbocycles. The van der Waals surface area contributed by atoms with Crippen molar-refractivity contribution in [3.05, 3.63) is 46.3 Å². The van der Waals surface area contributed by atoms with Crippen LogP contribution in [-0.4, -0.2) is 25.0 Å². The monoisotopic (exact) mass is 350 g/mol. The second kappa shape index (κ2) is 5.61. The third kappa shape index (κ3) is 2.92. The van der Waals surface area contributed by atoms with Crippen molar-refractivity contribution in [1.29, 1.82) is 0 Å². The normalized spacial score (nSPS) is 13.7. The van der Waals surface area contributed by atoms with Crippen LogP contribution < -0.4 is 15.4 Å². The lowest BCUT2D eigenvalue weighted by atomic mass is 10.1. The Morgan fingerprint density at radius 2 is 2.14 bits per heavy atom. The number of rotatable bonds is 2. The first-order valence-corrected chi connectivity index (χ1v) is 7.04. The predicted octanol–water partition coefficient (Wildman–Crippen LogP) is 2.42. The lowest BCUT2D eigenvalue weighted by Crippen LogP contribution is -2.24. The van der Waals surface area contributed by atoms with Crippen molar-refractivity contribution < 1.29 is 18.7 Å². The Morgan fingerprint density at radius 3 is 2.90 bits per heavy atom. The van der Waals surface area contributed by atoms with E-state index in [1.54, 1.807) is 30.3 Å². The molecule has 2 N–H and O–H groups in total. The molecule has 0 saturated carbocycles. The van der Waals surface area contributed by atoms with Gasteiger partial charge in [0.15, 0.2) is 10.4 Å². The standard InChI is InChI=1S/C14H11BrN2O4/c15-12-4-3-11(21-12)14(19)17-8-1-2-10-9(7-8)13(18)16-5-6-20-10/h1-4,7H,5-6H2,(H,16,18)(H,17,19). The van der Waals surface area contributed by atoms with Gasteiger partial charge in [-0.2, -0.15) is 0 Å². The first kappa shape index (κ1) is 13.7. The van der Waals surface area contributed by atoms with E-state index in [4.69, 9.17) is 9.15 Å². The smallest absolute Gasteiger partial charge is 0.291 e. The quantitative estimate of drug-likeness (QED) is 0.871. The van der Waals surface area contributed by atoms with Gasteiger partial charge >= 0.3 is 0 Å². The highest BCUT2D eigenvalue weighted by Gasteiger charge is 2.18. The molecular formula is C14H11BrN2O4. The van der Waals surface area contributed by atoms with Gasteiger partial charge in [0.25, 0.3) is 11.8 Å². The van der Waals surface area contributed by atoms with Gasteiger partial charge in [0.2, 0.25) is 0 Å². The molecule has 0 fully saturated rings. The molecule has 0 saturated heterocycles. The third-order valence-electron chi connectivity index (χ3n) is 2.92. The summed E-state index contributed by atoms with van der Waals surface area (Å²) >= 11 is 3.14. The summed E-state index contributed by atoms with van der Waals surface area (Å²) in [4.78, 5) is 23.9. The SMILES string of the molecule is O=C(Nc1ccc2c(c1)C(=O)NCCO2)c1ccc(Br)o1. The average Bonchev–Trinajstić information content (AvgIpc) is 2.82. The minimum absolute atomic E-state index is 0.178. The molecule has 7 heteroatoms. The molecule has 21 heavy (non-hydrogen) atoms. The predicted molar refractivity (Wildman–Crippen MR) is 78.6 cm³/mol. The molecule has 108 valence electrons. The fourth-order valence-corrected chi connectivity index (χ4v) is 2.27. The van der Waals surface area contributed by atoms with Gasteiger partial charge in [-0.15, -0.1) is 0 Å². The molecule has 0 radical (unpaired) electrons. The second-order valence-corrected chi connectivity index (χ2v) is 5.15. The number of nitrogens with one attached hydrogen (secondary N) is 2. The van der Waals surface area contributed by atoms with Crippen molar-refractivity contribution in [3.63, 3.8) is 0 Å². The zero-order chi connectivity index (χ0) is 14.8. The van der Waals surface area contributed by atoms with Crippen molar-refractivity contribution in [2.24, 2.45) is 0 Å². The van der Waals surface area contributed by atoms with Crippen LogP contribution in [0.5, 0.6) is 5.75 Å². The molecule has 0 unspecified atom stereocenters. The van der Waals surface area contributed by atoms with E-state index in [2.05, 4.69) is 26.6 Å². The van der Waals surface area contributed by atoms with Gasteiger partial charge in [-0.3, -0.25) is 9.59 Å². The van der Waals surface area contributed by atoms with Crippen LogP contribution in [0.3, 0.4) is 0 Å². The molecule has 0 atom stereocenters. The Morgan fingerprint density at radius 1 is 1.29 bits per heavy atom. The van der Waals surface area contributed by atoms with Gasteiger partial charge in [0.1, 0.15) is 12.4 Å². The average molecular weight is 351 g/mol. The summed E-state index contributed by atoms with van der Waals surface area (Å²) in [6.07, 6.45) is 0. The topological polar surface area (TPSA) is 80.6 Å². The van der Waals surface area contributed by atoms with Gasteiger partial charge < -0.3 is 19.8 Å². The largest absolute Gasteiger partial charge is 0.491 e. The molecular weight excluding hydrogens is 340 g/mol. The van der Waals surface area contributed by atoms with E-state index >= 15 is 0 Å². The van der Waals surface area contributed by atoms with Crippen LogP contribution in [0.1, 0.15) is 20.9 Å². The molecule has 2 amide bonds.